The smallest absolute Gasteiger partial charge is 0.406 e. The van der Waals surface area contributed by atoms with E-state index in [4.69, 9.17) is 0 Å². The maximum absolute atomic E-state index is 14.4. The molecule has 0 aliphatic carbocycles. The third-order valence-corrected chi connectivity index (χ3v) is 4.26. The third-order valence-electron chi connectivity index (χ3n) is 4.26. The molecule has 0 unspecified atom stereocenters. The number of rotatable bonds is 4. The maximum Gasteiger partial charge on any atom is 0.573 e. The van der Waals surface area contributed by atoms with Crippen LogP contribution in [0, 0.1) is 17.5 Å². The maximum atomic E-state index is 14.4. The first-order valence-corrected chi connectivity index (χ1v) is 8.19. The molecular weight excluding hydrogens is 374 g/mol. The van der Waals surface area contributed by atoms with Crippen molar-refractivity contribution in [3.63, 3.8) is 0 Å². The zero-order valence-electron chi connectivity index (χ0n) is 14.0. The van der Waals surface area contributed by atoms with Crippen LogP contribution in [0.5, 0.6) is 5.75 Å². The monoisotopic (exact) mass is 390 g/mol. The molecule has 0 aromatic heterocycles. The second-order valence-electron chi connectivity index (χ2n) is 6.10. The molecule has 0 saturated carbocycles. The van der Waals surface area contributed by atoms with Gasteiger partial charge in [0.1, 0.15) is 11.6 Å². The van der Waals surface area contributed by atoms with Crippen molar-refractivity contribution in [1.29, 1.82) is 0 Å². The Labute approximate surface area is 151 Å². The second-order valence-corrected chi connectivity index (χ2v) is 6.10. The highest BCUT2D eigenvalue weighted by molar-refractivity contribution is 5.37. The lowest BCUT2D eigenvalue weighted by molar-refractivity contribution is -0.274. The lowest BCUT2D eigenvalue weighted by Gasteiger charge is -2.35. The molecule has 1 heterocycles. The number of benzene rings is 2. The summed E-state index contributed by atoms with van der Waals surface area (Å²) in [5.41, 5.74) is 0.189. The highest BCUT2D eigenvalue weighted by Gasteiger charge is 2.32. The fourth-order valence-corrected chi connectivity index (χ4v) is 3.15. The van der Waals surface area contributed by atoms with Crippen molar-refractivity contribution in [3.05, 3.63) is 65.0 Å². The van der Waals surface area contributed by atoms with Gasteiger partial charge in [-0.25, -0.2) is 13.2 Å². The minimum absolute atomic E-state index is 0.209. The summed E-state index contributed by atoms with van der Waals surface area (Å²) in [5, 5.41) is 3.12. The molecule has 0 bridgehead atoms. The lowest BCUT2D eigenvalue weighted by Crippen LogP contribution is -2.45. The van der Waals surface area contributed by atoms with Crippen molar-refractivity contribution in [2.45, 2.75) is 12.4 Å². The van der Waals surface area contributed by atoms with Gasteiger partial charge in [-0.1, -0.05) is 12.1 Å². The molecule has 1 aliphatic heterocycles. The van der Waals surface area contributed by atoms with Crippen LogP contribution in [0.15, 0.2) is 36.4 Å². The van der Waals surface area contributed by atoms with Gasteiger partial charge in [-0.05, 0) is 23.8 Å². The van der Waals surface area contributed by atoms with Crippen LogP contribution in [0.3, 0.4) is 0 Å². The largest absolute Gasteiger partial charge is 0.573 e. The van der Waals surface area contributed by atoms with E-state index in [9.17, 15) is 26.3 Å². The summed E-state index contributed by atoms with van der Waals surface area (Å²) in [7, 11) is 0. The Morgan fingerprint density at radius 2 is 1.59 bits per heavy atom. The highest BCUT2D eigenvalue weighted by Crippen LogP contribution is 2.34. The number of alkyl halides is 3. The van der Waals surface area contributed by atoms with Crippen LogP contribution < -0.4 is 10.1 Å². The molecular formula is C18H16F6N2O. The van der Waals surface area contributed by atoms with Crippen LogP contribution in [-0.4, -0.2) is 37.4 Å². The summed E-state index contributed by atoms with van der Waals surface area (Å²) >= 11 is 0. The quantitative estimate of drug-likeness (QED) is 0.631. The van der Waals surface area contributed by atoms with Gasteiger partial charge in [-0.3, -0.25) is 4.90 Å². The predicted molar refractivity (Wildman–Crippen MR) is 85.7 cm³/mol. The molecule has 146 valence electrons. The Morgan fingerprint density at radius 3 is 2.19 bits per heavy atom. The van der Waals surface area contributed by atoms with Crippen molar-refractivity contribution in [2.75, 3.05) is 26.2 Å². The fraction of sp³-hybridized carbons (Fsp3) is 0.333. The van der Waals surface area contributed by atoms with Crippen molar-refractivity contribution >= 4 is 0 Å². The minimum atomic E-state index is -4.84. The summed E-state index contributed by atoms with van der Waals surface area (Å²) in [6.45, 7) is 2.13. The SMILES string of the molecule is Fc1cc(F)c(F)c([C@H](c2ccc(OC(F)(F)F)cc2)N2CCNCC2)c1. The zero-order chi connectivity index (χ0) is 19.6. The number of nitrogens with one attached hydrogen (secondary N) is 1. The van der Waals surface area contributed by atoms with E-state index >= 15 is 0 Å². The average molecular weight is 390 g/mol. The average Bonchev–Trinajstić information content (AvgIpc) is 2.60. The van der Waals surface area contributed by atoms with Gasteiger partial charge in [0, 0.05) is 37.8 Å². The number of hydrogen-bond acceptors (Lipinski definition) is 3. The Bertz CT molecular complexity index is 788. The van der Waals surface area contributed by atoms with Crippen LogP contribution in [0.25, 0.3) is 0 Å². The Kier molecular flexibility index (Phi) is 5.61. The van der Waals surface area contributed by atoms with Crippen LogP contribution >= 0.6 is 0 Å². The Hall–Kier alpha value is -2.26. The van der Waals surface area contributed by atoms with Gasteiger partial charge in [0.05, 0.1) is 6.04 Å². The molecule has 1 aliphatic rings. The first-order chi connectivity index (χ1) is 12.7. The molecule has 0 spiro atoms. The number of ether oxygens (including phenoxy) is 1. The molecule has 27 heavy (non-hydrogen) atoms. The molecule has 3 rings (SSSR count). The molecule has 3 nitrogen and oxygen atoms in total. The first-order valence-electron chi connectivity index (χ1n) is 8.19. The molecule has 9 heteroatoms. The van der Waals surface area contributed by atoms with E-state index in [1.807, 2.05) is 4.90 Å². The summed E-state index contributed by atoms with van der Waals surface area (Å²) < 4.78 is 82.7. The molecule has 1 N–H and O–H groups in total. The highest BCUT2D eigenvalue weighted by atomic mass is 19.4. The summed E-state index contributed by atoms with van der Waals surface area (Å²) in [4.78, 5) is 1.81. The summed E-state index contributed by atoms with van der Waals surface area (Å²) in [5.74, 6) is -3.87. The minimum Gasteiger partial charge on any atom is -0.406 e. The second kappa shape index (κ2) is 7.77. The van der Waals surface area contributed by atoms with Gasteiger partial charge >= 0.3 is 6.36 Å². The lowest BCUT2D eigenvalue weighted by atomic mass is 9.95. The number of piperazine rings is 1. The van der Waals surface area contributed by atoms with Crippen molar-refractivity contribution < 1.29 is 31.1 Å². The predicted octanol–water partition coefficient (Wildman–Crippen LogP) is 4.00. The molecule has 2 aromatic rings. The Morgan fingerprint density at radius 1 is 0.963 bits per heavy atom. The number of hydrogen-bond donors (Lipinski definition) is 1. The molecule has 1 saturated heterocycles. The zero-order valence-corrected chi connectivity index (χ0v) is 14.0. The van der Waals surface area contributed by atoms with E-state index in [0.29, 0.717) is 37.8 Å². The molecule has 2 aromatic carbocycles. The Balaban J connectivity index is 2.00. The van der Waals surface area contributed by atoms with E-state index < -0.39 is 35.6 Å². The van der Waals surface area contributed by atoms with E-state index in [1.54, 1.807) is 0 Å². The van der Waals surface area contributed by atoms with E-state index in [0.717, 1.165) is 18.2 Å². The topological polar surface area (TPSA) is 24.5 Å². The van der Waals surface area contributed by atoms with Crippen molar-refractivity contribution in [2.24, 2.45) is 0 Å². The van der Waals surface area contributed by atoms with Gasteiger partial charge in [-0.15, -0.1) is 13.2 Å². The third kappa shape index (κ3) is 4.72. The van der Waals surface area contributed by atoms with Crippen LogP contribution in [0.1, 0.15) is 17.2 Å². The van der Waals surface area contributed by atoms with Gasteiger partial charge in [0.25, 0.3) is 0 Å². The van der Waals surface area contributed by atoms with Crippen LogP contribution in [0.4, 0.5) is 26.3 Å². The summed E-state index contributed by atoms with van der Waals surface area (Å²) in [6, 6.07) is 5.35. The standard InChI is InChI=1S/C18H16F6N2O/c19-12-9-14(16(21)15(20)10-12)17(26-7-5-25-6-8-26)11-1-3-13(4-2-11)27-18(22,23)24/h1-4,9-10,17,25H,5-8H2/t17-/m0/s1. The molecule has 0 radical (unpaired) electrons. The summed E-state index contributed by atoms with van der Waals surface area (Å²) in [6.07, 6.45) is -4.84. The fourth-order valence-electron chi connectivity index (χ4n) is 3.15. The molecule has 1 atom stereocenters. The van der Waals surface area contributed by atoms with E-state index in [1.165, 1.54) is 12.1 Å². The van der Waals surface area contributed by atoms with E-state index in [2.05, 4.69) is 10.1 Å². The van der Waals surface area contributed by atoms with E-state index in [-0.39, 0.29) is 5.56 Å². The molecule has 1 fully saturated rings. The van der Waals surface area contributed by atoms with Gasteiger partial charge in [0.15, 0.2) is 11.6 Å². The van der Waals surface area contributed by atoms with Crippen LogP contribution in [0.2, 0.25) is 0 Å². The number of nitrogens with zero attached hydrogens (tertiary/aromatic N) is 1. The van der Waals surface area contributed by atoms with Crippen molar-refractivity contribution in [1.82, 2.24) is 10.2 Å². The van der Waals surface area contributed by atoms with Crippen LogP contribution in [-0.2, 0) is 0 Å². The first kappa shape index (κ1) is 19.5. The van der Waals surface area contributed by atoms with Gasteiger partial charge < -0.3 is 10.1 Å². The number of halogens is 6. The van der Waals surface area contributed by atoms with Crippen molar-refractivity contribution in [3.8, 4) is 5.75 Å². The van der Waals surface area contributed by atoms with Gasteiger partial charge in [0.2, 0.25) is 0 Å². The van der Waals surface area contributed by atoms with Gasteiger partial charge in [-0.2, -0.15) is 0 Å². The molecule has 0 amide bonds. The normalized spacial score (nSPS) is 17.0.